The van der Waals surface area contributed by atoms with Crippen LogP contribution in [0.25, 0.3) is 0 Å². The highest BCUT2D eigenvalue weighted by molar-refractivity contribution is 5.85. The summed E-state index contributed by atoms with van der Waals surface area (Å²) in [4.78, 5) is 0. The van der Waals surface area contributed by atoms with Gasteiger partial charge in [-0.25, -0.2) is 8.78 Å². The van der Waals surface area contributed by atoms with Gasteiger partial charge in [0.15, 0.2) is 0 Å². The molecule has 0 bridgehead atoms. The predicted octanol–water partition coefficient (Wildman–Crippen LogP) is 3.66. The molecule has 0 amide bonds. The Labute approximate surface area is 127 Å². The summed E-state index contributed by atoms with van der Waals surface area (Å²) < 4.78 is 30.5. The zero-order valence-corrected chi connectivity index (χ0v) is 11.9. The van der Waals surface area contributed by atoms with Gasteiger partial charge < -0.3 is 15.6 Å². The van der Waals surface area contributed by atoms with Gasteiger partial charge >= 0.3 is 0 Å². The van der Waals surface area contributed by atoms with E-state index in [1.165, 1.54) is 18.2 Å². The van der Waals surface area contributed by atoms with Crippen molar-refractivity contribution in [1.82, 2.24) is 0 Å². The Morgan fingerprint density at radius 2 is 1.76 bits per heavy atom. The van der Waals surface area contributed by atoms with Crippen molar-refractivity contribution < 1.29 is 18.6 Å². The first kappa shape index (κ1) is 17.2. The van der Waals surface area contributed by atoms with Crippen LogP contribution in [0.3, 0.4) is 0 Å². The second kappa shape index (κ2) is 7.81. The van der Waals surface area contributed by atoms with Gasteiger partial charge in [0, 0.05) is 11.6 Å². The van der Waals surface area contributed by atoms with Crippen molar-refractivity contribution >= 4 is 12.4 Å². The fourth-order valence-corrected chi connectivity index (χ4v) is 1.77. The molecule has 0 aliphatic carbocycles. The molecule has 2 aromatic carbocycles. The maximum absolute atomic E-state index is 12.5. The molecule has 0 aliphatic rings. The molecular formula is C15H16ClF2NO2. The van der Waals surface area contributed by atoms with Gasteiger partial charge in [-0.2, -0.15) is 0 Å². The Bertz CT molecular complexity index is 567. The first-order valence-electron chi connectivity index (χ1n) is 6.11. The molecule has 114 valence electrons. The minimum absolute atomic E-state index is 0. The van der Waals surface area contributed by atoms with Crippen LogP contribution in [0.1, 0.15) is 17.2 Å². The lowest BCUT2D eigenvalue weighted by atomic mass is 10.1. The van der Waals surface area contributed by atoms with E-state index >= 15 is 0 Å². The van der Waals surface area contributed by atoms with Gasteiger partial charge in [0.2, 0.25) is 0 Å². The van der Waals surface area contributed by atoms with E-state index in [-0.39, 0.29) is 23.7 Å². The molecule has 0 aromatic heterocycles. The van der Waals surface area contributed by atoms with E-state index in [1.807, 2.05) is 30.3 Å². The van der Waals surface area contributed by atoms with Crippen molar-refractivity contribution in [3.8, 4) is 11.5 Å². The lowest BCUT2D eigenvalue weighted by molar-refractivity contribution is 0.115. The zero-order chi connectivity index (χ0) is 14.5. The molecule has 0 saturated carbocycles. The molecular weight excluding hydrogens is 300 g/mol. The van der Waals surface area contributed by atoms with Gasteiger partial charge in [-0.1, -0.05) is 30.3 Å². The van der Waals surface area contributed by atoms with E-state index in [9.17, 15) is 13.9 Å². The van der Waals surface area contributed by atoms with Crippen molar-refractivity contribution in [2.24, 2.45) is 5.73 Å². The van der Waals surface area contributed by atoms with Crippen LogP contribution in [-0.4, -0.2) is 11.5 Å². The summed E-state index contributed by atoms with van der Waals surface area (Å²) in [5.74, 6) is 0.111. The molecule has 3 N–H and O–H groups in total. The van der Waals surface area contributed by atoms with Gasteiger partial charge in [-0.05, 0) is 17.7 Å². The van der Waals surface area contributed by atoms with E-state index in [0.29, 0.717) is 12.4 Å². The number of rotatable bonds is 5. The van der Waals surface area contributed by atoms with E-state index in [1.54, 1.807) is 0 Å². The number of nitrogens with two attached hydrogens (primary N) is 1. The van der Waals surface area contributed by atoms with Crippen LogP contribution in [0.15, 0.2) is 48.5 Å². The maximum Gasteiger partial charge on any atom is 0.257 e. The van der Waals surface area contributed by atoms with Crippen molar-refractivity contribution in [2.45, 2.75) is 19.1 Å². The molecule has 0 spiro atoms. The van der Waals surface area contributed by atoms with Crippen LogP contribution in [0, 0.1) is 0 Å². The van der Waals surface area contributed by atoms with Crippen LogP contribution in [-0.2, 0) is 6.61 Å². The van der Waals surface area contributed by atoms with E-state index < -0.39 is 12.5 Å². The van der Waals surface area contributed by atoms with Crippen LogP contribution in [0.2, 0.25) is 0 Å². The highest BCUT2D eigenvalue weighted by Crippen LogP contribution is 2.30. The summed E-state index contributed by atoms with van der Waals surface area (Å²) >= 11 is 0. The largest absolute Gasteiger partial charge is 0.507 e. The van der Waals surface area contributed by atoms with Gasteiger partial charge in [0.25, 0.3) is 6.43 Å². The topological polar surface area (TPSA) is 55.5 Å². The third-order valence-electron chi connectivity index (χ3n) is 2.88. The summed E-state index contributed by atoms with van der Waals surface area (Å²) in [6, 6.07) is 12.1. The fourth-order valence-electron chi connectivity index (χ4n) is 1.77. The highest BCUT2D eigenvalue weighted by atomic mass is 35.5. The molecule has 1 atom stereocenters. The van der Waals surface area contributed by atoms with Gasteiger partial charge in [-0.3, -0.25) is 0 Å². The van der Waals surface area contributed by atoms with Crippen molar-refractivity contribution in [3.05, 3.63) is 59.7 Å². The number of halogens is 3. The lowest BCUT2D eigenvalue weighted by Gasteiger charge is -2.14. The Morgan fingerprint density at radius 1 is 1.10 bits per heavy atom. The zero-order valence-electron chi connectivity index (χ0n) is 11.1. The van der Waals surface area contributed by atoms with Crippen molar-refractivity contribution in [1.29, 1.82) is 0 Å². The number of phenols is 1. The SMILES string of the molecule is Cl.N[C@@H](c1ccc(OCc2ccccc2)cc1O)C(F)F. The smallest absolute Gasteiger partial charge is 0.257 e. The predicted molar refractivity (Wildman–Crippen MR) is 79.1 cm³/mol. The molecule has 0 heterocycles. The fraction of sp³-hybridized carbons (Fsp3) is 0.200. The second-order valence-electron chi connectivity index (χ2n) is 4.36. The number of phenolic OH excluding ortho intramolecular Hbond substituents is 1. The average molecular weight is 316 g/mol. The molecule has 6 heteroatoms. The Hall–Kier alpha value is -1.85. The van der Waals surface area contributed by atoms with Crippen molar-refractivity contribution in [2.75, 3.05) is 0 Å². The van der Waals surface area contributed by atoms with Crippen LogP contribution >= 0.6 is 12.4 Å². The molecule has 3 nitrogen and oxygen atoms in total. The third-order valence-corrected chi connectivity index (χ3v) is 2.88. The summed E-state index contributed by atoms with van der Waals surface area (Å²) in [6.07, 6.45) is -2.73. The summed E-state index contributed by atoms with van der Waals surface area (Å²) in [7, 11) is 0. The van der Waals surface area contributed by atoms with E-state index in [2.05, 4.69) is 0 Å². The average Bonchev–Trinajstić information content (AvgIpc) is 2.45. The Morgan fingerprint density at radius 3 is 2.33 bits per heavy atom. The van der Waals surface area contributed by atoms with E-state index in [4.69, 9.17) is 10.5 Å². The number of aromatic hydroxyl groups is 1. The normalized spacial score (nSPS) is 11.8. The molecule has 2 rings (SSSR count). The molecule has 21 heavy (non-hydrogen) atoms. The van der Waals surface area contributed by atoms with Crippen molar-refractivity contribution in [3.63, 3.8) is 0 Å². The lowest BCUT2D eigenvalue weighted by Crippen LogP contribution is -2.18. The molecule has 0 saturated heterocycles. The van der Waals surface area contributed by atoms with Gasteiger partial charge in [-0.15, -0.1) is 12.4 Å². The van der Waals surface area contributed by atoms with Gasteiger partial charge in [0.05, 0.1) is 6.04 Å². The van der Waals surface area contributed by atoms with E-state index in [0.717, 1.165) is 5.56 Å². The van der Waals surface area contributed by atoms with Crippen LogP contribution in [0.5, 0.6) is 11.5 Å². The number of benzene rings is 2. The summed E-state index contributed by atoms with van der Waals surface area (Å²) in [5.41, 5.74) is 6.28. The molecule has 2 aromatic rings. The number of hydrogen-bond acceptors (Lipinski definition) is 3. The van der Waals surface area contributed by atoms with Gasteiger partial charge in [0.1, 0.15) is 18.1 Å². The third kappa shape index (κ3) is 4.58. The maximum atomic E-state index is 12.5. The van der Waals surface area contributed by atoms with Crippen LogP contribution < -0.4 is 10.5 Å². The van der Waals surface area contributed by atoms with Crippen LogP contribution in [0.4, 0.5) is 8.78 Å². The Balaban J connectivity index is 0.00000220. The minimum Gasteiger partial charge on any atom is -0.507 e. The number of alkyl halides is 2. The standard InChI is InChI=1S/C15H15F2NO2.ClH/c16-15(17)14(18)12-7-6-11(8-13(12)19)20-9-10-4-2-1-3-5-10;/h1-8,14-15,19H,9,18H2;1H/t14-;/m0./s1. The molecule has 0 fully saturated rings. The minimum atomic E-state index is -2.73. The molecule has 0 unspecified atom stereocenters. The quantitative estimate of drug-likeness (QED) is 0.885. The molecule has 0 radical (unpaired) electrons. The Kier molecular flexibility index (Phi) is 6.39. The summed E-state index contributed by atoms with van der Waals surface area (Å²) in [5, 5.41) is 9.71. The number of hydrogen-bond donors (Lipinski definition) is 2. The first-order chi connectivity index (χ1) is 9.58. The second-order valence-corrected chi connectivity index (χ2v) is 4.36. The molecule has 0 aliphatic heterocycles. The number of ether oxygens (including phenoxy) is 1. The first-order valence-corrected chi connectivity index (χ1v) is 6.11. The summed E-state index contributed by atoms with van der Waals surface area (Å²) in [6.45, 7) is 0.334. The monoisotopic (exact) mass is 315 g/mol. The highest BCUT2D eigenvalue weighted by Gasteiger charge is 2.20.